The number of alkyl halides is 3. The molecule has 1 aliphatic carbocycles. The second-order valence-corrected chi connectivity index (χ2v) is 5.89. The van der Waals surface area contributed by atoms with Gasteiger partial charge in [-0.25, -0.2) is 4.79 Å². The summed E-state index contributed by atoms with van der Waals surface area (Å²) in [6.45, 7) is 0.285. The van der Waals surface area contributed by atoms with Crippen LogP contribution < -0.4 is 16.0 Å². The first kappa shape index (κ1) is 19.0. The lowest BCUT2D eigenvalue weighted by Gasteiger charge is -2.22. The average molecular weight is 362 g/mol. The highest BCUT2D eigenvalue weighted by Crippen LogP contribution is 2.26. The lowest BCUT2D eigenvalue weighted by molar-refractivity contribution is -0.144. The molecule has 8 nitrogen and oxygen atoms in total. The van der Waals surface area contributed by atoms with E-state index in [1.54, 1.807) is 5.10 Å². The molecule has 140 valence electrons. The van der Waals surface area contributed by atoms with Crippen LogP contribution in [0, 0.1) is 0 Å². The van der Waals surface area contributed by atoms with Crippen molar-refractivity contribution in [2.24, 2.45) is 0 Å². The maximum Gasteiger partial charge on any atom is 0.451 e. The predicted molar refractivity (Wildman–Crippen MR) is 82.7 cm³/mol. The lowest BCUT2D eigenvalue weighted by Crippen LogP contribution is -2.43. The zero-order chi connectivity index (χ0) is 18.3. The van der Waals surface area contributed by atoms with Gasteiger partial charge >= 0.3 is 12.2 Å². The normalized spacial score (nSPS) is 15.6. The molecule has 1 aromatic rings. The van der Waals surface area contributed by atoms with Crippen LogP contribution in [-0.2, 0) is 11.0 Å². The number of carbonyl (C=O) groups excluding carboxylic acids is 2. The Hall–Kier alpha value is -2.33. The van der Waals surface area contributed by atoms with Crippen molar-refractivity contribution in [3.8, 4) is 0 Å². The van der Waals surface area contributed by atoms with Crippen LogP contribution in [0.3, 0.4) is 0 Å². The van der Waals surface area contributed by atoms with Gasteiger partial charge in [0.15, 0.2) is 0 Å². The van der Waals surface area contributed by atoms with Gasteiger partial charge in [-0.1, -0.05) is 19.3 Å². The number of nitrogens with zero attached hydrogens (tertiary/aromatic N) is 2. The van der Waals surface area contributed by atoms with Crippen molar-refractivity contribution < 1.29 is 22.8 Å². The van der Waals surface area contributed by atoms with Gasteiger partial charge in [0.25, 0.3) is 0 Å². The summed E-state index contributed by atoms with van der Waals surface area (Å²) in [7, 11) is 0. The number of H-pyrrole nitrogens is 1. The largest absolute Gasteiger partial charge is 0.451 e. The number of urea groups is 1. The molecule has 0 atom stereocenters. The number of rotatable bonds is 6. The van der Waals surface area contributed by atoms with Crippen molar-refractivity contribution in [3.63, 3.8) is 0 Å². The van der Waals surface area contributed by atoms with E-state index in [4.69, 9.17) is 0 Å². The third kappa shape index (κ3) is 6.59. The molecular weight excluding hydrogens is 341 g/mol. The average Bonchev–Trinajstić information content (AvgIpc) is 3.01. The first-order chi connectivity index (χ1) is 11.8. The van der Waals surface area contributed by atoms with E-state index in [2.05, 4.69) is 26.0 Å². The molecular formula is C14H21F3N6O2. The third-order valence-corrected chi connectivity index (χ3v) is 3.81. The molecule has 0 aromatic carbocycles. The van der Waals surface area contributed by atoms with Crippen LogP contribution in [0.4, 0.5) is 23.9 Å². The molecule has 25 heavy (non-hydrogen) atoms. The Morgan fingerprint density at radius 1 is 1.20 bits per heavy atom. The highest BCUT2D eigenvalue weighted by atomic mass is 19.4. The van der Waals surface area contributed by atoms with Crippen molar-refractivity contribution in [1.82, 2.24) is 25.8 Å². The van der Waals surface area contributed by atoms with Gasteiger partial charge in [0.1, 0.15) is 0 Å². The molecule has 1 aliphatic rings. The Labute approximate surface area is 142 Å². The Balaban J connectivity index is 1.60. The van der Waals surface area contributed by atoms with Crippen molar-refractivity contribution in [3.05, 3.63) is 5.82 Å². The third-order valence-electron chi connectivity index (χ3n) is 3.81. The number of aromatic nitrogens is 3. The highest BCUT2D eigenvalue weighted by Gasteiger charge is 2.35. The minimum Gasteiger partial charge on any atom is -0.338 e. The van der Waals surface area contributed by atoms with E-state index in [9.17, 15) is 22.8 Å². The van der Waals surface area contributed by atoms with Crippen LogP contribution >= 0.6 is 0 Å². The first-order valence-electron chi connectivity index (χ1n) is 8.18. The molecule has 1 heterocycles. The van der Waals surface area contributed by atoms with Gasteiger partial charge in [-0.05, 0) is 19.3 Å². The molecule has 0 bridgehead atoms. The van der Waals surface area contributed by atoms with Crippen LogP contribution in [0.2, 0.25) is 0 Å². The SMILES string of the molecule is O=C(CCCNC(=O)NC1CCCCC1)Nc1n[nH]c(C(F)(F)F)n1. The second-order valence-electron chi connectivity index (χ2n) is 5.89. The molecule has 4 N–H and O–H groups in total. The predicted octanol–water partition coefficient (Wildman–Crippen LogP) is 2.17. The summed E-state index contributed by atoms with van der Waals surface area (Å²) in [5.41, 5.74) is 0. The van der Waals surface area contributed by atoms with Crippen molar-refractivity contribution in [2.75, 3.05) is 11.9 Å². The number of anilines is 1. The fourth-order valence-corrected chi connectivity index (χ4v) is 2.57. The lowest BCUT2D eigenvalue weighted by atomic mass is 9.96. The summed E-state index contributed by atoms with van der Waals surface area (Å²) in [5, 5.41) is 12.7. The summed E-state index contributed by atoms with van der Waals surface area (Å²) in [6, 6.07) is -0.0679. The molecule has 1 saturated carbocycles. The molecule has 3 amide bonds. The van der Waals surface area contributed by atoms with Gasteiger partial charge in [-0.2, -0.15) is 18.2 Å². The molecule has 1 fully saturated rings. The molecule has 0 radical (unpaired) electrons. The number of nitrogens with one attached hydrogen (secondary N) is 4. The maximum atomic E-state index is 12.3. The van der Waals surface area contributed by atoms with Crippen LogP contribution in [-0.4, -0.2) is 39.7 Å². The molecule has 0 saturated heterocycles. The van der Waals surface area contributed by atoms with E-state index in [1.165, 1.54) is 6.42 Å². The smallest absolute Gasteiger partial charge is 0.338 e. The van der Waals surface area contributed by atoms with Gasteiger partial charge in [0.05, 0.1) is 0 Å². The van der Waals surface area contributed by atoms with Crippen LogP contribution in [0.1, 0.15) is 50.8 Å². The monoisotopic (exact) mass is 362 g/mol. The van der Waals surface area contributed by atoms with E-state index in [-0.39, 0.29) is 25.0 Å². The quantitative estimate of drug-likeness (QED) is 0.581. The number of amides is 3. The topological polar surface area (TPSA) is 112 Å². The van der Waals surface area contributed by atoms with E-state index in [0.29, 0.717) is 6.42 Å². The summed E-state index contributed by atoms with van der Waals surface area (Å²) >= 11 is 0. The zero-order valence-corrected chi connectivity index (χ0v) is 13.6. The minimum atomic E-state index is -4.65. The summed E-state index contributed by atoms with van der Waals surface area (Å²) < 4.78 is 37.0. The number of hydrogen-bond donors (Lipinski definition) is 4. The fraction of sp³-hybridized carbons (Fsp3) is 0.714. The van der Waals surface area contributed by atoms with Gasteiger partial charge in [0, 0.05) is 19.0 Å². The summed E-state index contributed by atoms with van der Waals surface area (Å²) in [6.07, 6.45) is 1.11. The Morgan fingerprint density at radius 2 is 1.92 bits per heavy atom. The standard InChI is InChI=1S/C14H21F3N6O2/c15-14(16,17)11-21-12(23-22-11)20-10(24)7-4-8-18-13(25)19-9-5-2-1-3-6-9/h9H,1-8H2,(H2,18,19,25)(H2,20,21,22,23,24). The number of hydrogen-bond acceptors (Lipinski definition) is 4. The van der Waals surface area contributed by atoms with Gasteiger partial charge in [0.2, 0.25) is 17.7 Å². The number of halogens is 3. The number of aromatic amines is 1. The molecule has 11 heteroatoms. The van der Waals surface area contributed by atoms with Gasteiger partial charge < -0.3 is 10.6 Å². The minimum absolute atomic E-state index is 0.0274. The molecule has 0 aliphatic heterocycles. The Kier molecular flexibility index (Phi) is 6.59. The molecule has 0 unspecified atom stereocenters. The number of carbonyl (C=O) groups is 2. The van der Waals surface area contributed by atoms with Crippen molar-refractivity contribution in [2.45, 2.75) is 57.2 Å². The fourth-order valence-electron chi connectivity index (χ4n) is 2.57. The van der Waals surface area contributed by atoms with Gasteiger partial charge in [-0.15, -0.1) is 5.10 Å². The summed E-state index contributed by atoms with van der Waals surface area (Å²) in [5.74, 6) is -2.23. The Bertz CT molecular complexity index is 583. The molecule has 1 aromatic heterocycles. The summed E-state index contributed by atoms with van der Waals surface area (Å²) in [4.78, 5) is 26.4. The van der Waals surface area contributed by atoms with Gasteiger partial charge in [-0.3, -0.25) is 15.2 Å². The second kappa shape index (κ2) is 8.67. The highest BCUT2D eigenvalue weighted by molar-refractivity contribution is 5.88. The maximum absolute atomic E-state index is 12.3. The first-order valence-corrected chi connectivity index (χ1v) is 8.18. The molecule has 2 rings (SSSR count). The van der Waals surface area contributed by atoms with Crippen molar-refractivity contribution in [1.29, 1.82) is 0 Å². The Morgan fingerprint density at radius 3 is 2.56 bits per heavy atom. The van der Waals surface area contributed by atoms with Crippen LogP contribution in [0.15, 0.2) is 0 Å². The zero-order valence-electron chi connectivity index (χ0n) is 13.6. The molecule has 0 spiro atoms. The van der Waals surface area contributed by atoms with E-state index >= 15 is 0 Å². The van der Waals surface area contributed by atoms with E-state index < -0.39 is 23.9 Å². The van der Waals surface area contributed by atoms with Crippen LogP contribution in [0.25, 0.3) is 0 Å². The van der Waals surface area contributed by atoms with E-state index in [1.807, 2.05) is 0 Å². The van der Waals surface area contributed by atoms with Crippen molar-refractivity contribution >= 4 is 17.9 Å². The van der Waals surface area contributed by atoms with E-state index in [0.717, 1.165) is 25.7 Å². The van der Waals surface area contributed by atoms with Crippen LogP contribution in [0.5, 0.6) is 0 Å².